The molecule has 0 spiro atoms. The van der Waals surface area contributed by atoms with Gasteiger partial charge in [-0.25, -0.2) is 4.79 Å². The number of primary amides is 2. The fraction of sp³-hybridized carbons (Fsp3) is 0.490. The molecule has 10 amide bonds. The number of nitrogens with zero attached hydrogens (tertiary/aromatic N) is 1. The second kappa shape index (κ2) is 31.5. The van der Waals surface area contributed by atoms with E-state index < -0.39 is 183 Å². The standard InChI is InChI=1S/C49H67N11O19/c1-24(62)40(49(78)79)59-45(74)32(20-25-6-3-2-4-7-25)56-47(76)35-8-5-19-60(35)48(77)33(22-39(68)69)57-42(71)30(15-18-38(66)67)54-44(73)31(21-26-9-11-27(63)12-10-26)55-46(75)34(23-61)58-43(72)29(14-17-37(52)65)53-41(70)28(50)13-16-36(51)64/h2-4,6-7,9-12,24,28-35,40,61-63H,5,8,13-23,50H2,1H3,(H2,51,64)(H2,52,65)(H,53,70)(H,54,73)(H,55,75)(H,56,76)(H,57,71)(H,58,72)(H,59,74)(H,66,67)(H,68,69)(H,78,79)/t24-,28+,29+,30+,31+,32+,33+,34+,35+,40+/m1/s1. The van der Waals surface area contributed by atoms with Crippen LogP contribution in [0.3, 0.4) is 0 Å². The van der Waals surface area contributed by atoms with Crippen LogP contribution in [0, 0.1) is 0 Å². The topological polar surface area (TPSA) is 509 Å². The van der Waals surface area contributed by atoms with Crippen molar-refractivity contribution in [3.05, 3.63) is 65.7 Å². The van der Waals surface area contributed by atoms with E-state index in [1.54, 1.807) is 30.3 Å². The van der Waals surface area contributed by atoms with Gasteiger partial charge in [-0.05, 0) is 62.3 Å². The van der Waals surface area contributed by atoms with Crippen LogP contribution in [-0.4, -0.2) is 186 Å². The minimum Gasteiger partial charge on any atom is -0.508 e. The van der Waals surface area contributed by atoms with Gasteiger partial charge in [0.05, 0.1) is 25.2 Å². The maximum absolute atomic E-state index is 14.2. The van der Waals surface area contributed by atoms with Crippen LogP contribution in [0.2, 0.25) is 0 Å². The Kier molecular flexibility index (Phi) is 25.7. The Labute approximate surface area is 450 Å². The lowest BCUT2D eigenvalue weighted by Crippen LogP contribution is -2.61. The molecule has 432 valence electrons. The van der Waals surface area contributed by atoms with Gasteiger partial charge >= 0.3 is 17.9 Å². The number of rotatable bonds is 33. The number of benzene rings is 2. The maximum Gasteiger partial charge on any atom is 0.328 e. The van der Waals surface area contributed by atoms with Crippen molar-refractivity contribution in [3.63, 3.8) is 0 Å². The summed E-state index contributed by atoms with van der Waals surface area (Å²) in [4.78, 5) is 170. The first-order valence-corrected chi connectivity index (χ1v) is 24.7. The molecule has 0 unspecified atom stereocenters. The molecule has 30 nitrogen and oxygen atoms in total. The number of phenolic OH excluding ortho intramolecular Hbond substituents is 1. The smallest absolute Gasteiger partial charge is 0.328 e. The van der Waals surface area contributed by atoms with Crippen LogP contribution in [0.15, 0.2) is 54.6 Å². The number of amides is 10. The summed E-state index contributed by atoms with van der Waals surface area (Å²) in [5, 5.41) is 75.2. The van der Waals surface area contributed by atoms with Crippen molar-refractivity contribution < 1.29 is 93.0 Å². The zero-order valence-corrected chi connectivity index (χ0v) is 42.8. The number of aromatic hydroxyl groups is 1. The molecule has 19 N–H and O–H groups in total. The first-order valence-electron chi connectivity index (χ1n) is 24.7. The van der Waals surface area contributed by atoms with Crippen molar-refractivity contribution in [2.24, 2.45) is 17.2 Å². The minimum absolute atomic E-state index is 0.0382. The Morgan fingerprint density at radius 2 is 1.05 bits per heavy atom. The molecule has 79 heavy (non-hydrogen) atoms. The zero-order chi connectivity index (χ0) is 59.1. The van der Waals surface area contributed by atoms with Gasteiger partial charge in [0.2, 0.25) is 59.1 Å². The van der Waals surface area contributed by atoms with Crippen LogP contribution in [0.1, 0.15) is 75.8 Å². The zero-order valence-electron chi connectivity index (χ0n) is 42.8. The van der Waals surface area contributed by atoms with Gasteiger partial charge in [-0.1, -0.05) is 42.5 Å². The van der Waals surface area contributed by atoms with Gasteiger partial charge in [-0.3, -0.25) is 57.5 Å². The average molecular weight is 1110 g/mol. The SMILES string of the molecule is C[C@@H](O)[C@H](NC(=O)[C@H](Cc1ccccc1)NC(=O)[C@@H]1CCCN1C(=O)[C@H](CC(=O)O)NC(=O)[C@H](CCC(=O)O)NC(=O)[C@H](Cc1ccc(O)cc1)NC(=O)[C@H](CO)NC(=O)[C@H](CCC(N)=O)NC(=O)[C@@H](N)CCC(N)=O)C(=O)O. The largest absolute Gasteiger partial charge is 0.508 e. The van der Waals surface area contributed by atoms with E-state index in [4.69, 9.17) is 17.2 Å². The van der Waals surface area contributed by atoms with Crippen molar-refractivity contribution in [2.75, 3.05) is 13.2 Å². The number of aliphatic hydroxyl groups excluding tert-OH is 2. The molecule has 10 atom stereocenters. The number of aliphatic hydroxyl groups is 2. The number of aliphatic carboxylic acids is 3. The fourth-order valence-corrected chi connectivity index (χ4v) is 8.01. The lowest BCUT2D eigenvalue weighted by molar-refractivity contribution is -0.146. The predicted octanol–water partition coefficient (Wildman–Crippen LogP) is -5.78. The molecule has 2 aromatic carbocycles. The van der Waals surface area contributed by atoms with Crippen LogP contribution in [0.5, 0.6) is 5.75 Å². The number of likely N-dealkylation sites (tertiary alicyclic amines) is 1. The van der Waals surface area contributed by atoms with E-state index in [2.05, 4.69) is 37.2 Å². The number of hydrogen-bond donors (Lipinski definition) is 16. The average Bonchev–Trinajstić information content (AvgIpc) is 3.92. The lowest BCUT2D eigenvalue weighted by Gasteiger charge is -2.30. The summed E-state index contributed by atoms with van der Waals surface area (Å²) in [6.07, 6.45) is -6.17. The Hall–Kier alpha value is -8.77. The summed E-state index contributed by atoms with van der Waals surface area (Å²) in [7, 11) is 0. The number of hydrogen-bond acceptors (Lipinski definition) is 17. The van der Waals surface area contributed by atoms with Gasteiger partial charge < -0.3 is 90.0 Å². The van der Waals surface area contributed by atoms with Crippen molar-refractivity contribution in [1.29, 1.82) is 0 Å². The maximum atomic E-state index is 14.2. The van der Waals surface area contributed by atoms with Crippen molar-refractivity contribution in [2.45, 2.75) is 138 Å². The van der Waals surface area contributed by atoms with Crippen molar-refractivity contribution in [1.82, 2.24) is 42.1 Å². The van der Waals surface area contributed by atoms with Crippen LogP contribution in [-0.2, 0) is 75.2 Å². The molecule has 2 aromatic rings. The van der Waals surface area contributed by atoms with Crippen molar-refractivity contribution in [3.8, 4) is 5.75 Å². The molecule has 3 rings (SSSR count). The van der Waals surface area contributed by atoms with Gasteiger partial charge in [0.25, 0.3) is 0 Å². The van der Waals surface area contributed by atoms with Gasteiger partial charge in [0, 0.05) is 38.6 Å². The normalized spacial score (nSPS) is 16.3. The second-order valence-electron chi connectivity index (χ2n) is 18.5. The van der Waals surface area contributed by atoms with Gasteiger partial charge in [0.1, 0.15) is 48.0 Å². The van der Waals surface area contributed by atoms with Crippen LogP contribution in [0.4, 0.5) is 0 Å². The van der Waals surface area contributed by atoms with Gasteiger partial charge in [-0.2, -0.15) is 0 Å². The number of nitrogens with two attached hydrogens (primary N) is 3. The monoisotopic (exact) mass is 1110 g/mol. The van der Waals surface area contributed by atoms with Crippen molar-refractivity contribution >= 4 is 77.0 Å². The van der Waals surface area contributed by atoms with Gasteiger partial charge in [0.15, 0.2) is 6.04 Å². The van der Waals surface area contributed by atoms with Crippen LogP contribution in [0.25, 0.3) is 0 Å². The highest BCUT2D eigenvalue weighted by molar-refractivity contribution is 5.99. The Bertz CT molecular complexity index is 2530. The molecule has 0 aliphatic carbocycles. The van der Waals surface area contributed by atoms with E-state index in [0.29, 0.717) is 5.56 Å². The van der Waals surface area contributed by atoms with Gasteiger partial charge in [-0.15, -0.1) is 0 Å². The molecule has 0 saturated carbocycles. The summed E-state index contributed by atoms with van der Waals surface area (Å²) < 4.78 is 0. The minimum atomic E-state index is -1.99. The highest BCUT2D eigenvalue weighted by atomic mass is 16.4. The number of carboxylic acids is 3. The molecule has 1 aliphatic heterocycles. The number of carboxylic acid groups (broad SMARTS) is 3. The Morgan fingerprint density at radius 1 is 0.582 bits per heavy atom. The quantitative estimate of drug-likeness (QED) is 0.0317. The summed E-state index contributed by atoms with van der Waals surface area (Å²) in [5.41, 5.74) is 16.9. The molecule has 1 heterocycles. The highest BCUT2D eigenvalue weighted by Gasteiger charge is 2.41. The van der Waals surface area contributed by atoms with Crippen LogP contribution >= 0.6 is 0 Å². The Balaban J connectivity index is 1.91. The molecular formula is C49H67N11O19. The lowest BCUT2D eigenvalue weighted by atomic mass is 10.0. The summed E-state index contributed by atoms with van der Waals surface area (Å²) in [5.74, 6) is -15.6. The first-order chi connectivity index (χ1) is 37.2. The van der Waals surface area contributed by atoms with E-state index in [9.17, 15) is 93.0 Å². The van der Waals surface area contributed by atoms with E-state index in [-0.39, 0.29) is 50.0 Å². The fourth-order valence-electron chi connectivity index (χ4n) is 8.01. The molecule has 0 aromatic heterocycles. The number of carbonyl (C=O) groups excluding carboxylic acids is 10. The molecule has 0 radical (unpaired) electrons. The molecule has 1 saturated heterocycles. The molecular weight excluding hydrogens is 1050 g/mol. The first kappa shape index (κ1) is 64.5. The summed E-state index contributed by atoms with van der Waals surface area (Å²) in [6, 6.07) is -1.90. The van der Waals surface area contributed by atoms with Crippen LogP contribution < -0.4 is 54.4 Å². The predicted molar refractivity (Wildman–Crippen MR) is 271 cm³/mol. The van der Waals surface area contributed by atoms with E-state index >= 15 is 0 Å². The van der Waals surface area contributed by atoms with E-state index in [1.165, 1.54) is 24.3 Å². The third-order valence-electron chi connectivity index (χ3n) is 12.2. The number of phenols is 1. The Morgan fingerprint density at radius 3 is 1.58 bits per heavy atom. The number of carbonyl (C=O) groups is 13. The van der Waals surface area contributed by atoms with E-state index in [0.717, 1.165) is 11.8 Å². The molecule has 1 fully saturated rings. The summed E-state index contributed by atoms with van der Waals surface area (Å²) in [6.45, 7) is -0.206. The molecule has 0 bridgehead atoms. The molecule has 30 heteroatoms. The second-order valence-corrected chi connectivity index (χ2v) is 18.5. The third kappa shape index (κ3) is 21.6. The molecule has 1 aliphatic rings. The van der Waals surface area contributed by atoms with E-state index in [1.807, 2.05) is 0 Å². The summed E-state index contributed by atoms with van der Waals surface area (Å²) >= 11 is 0. The third-order valence-corrected chi connectivity index (χ3v) is 12.2. The number of nitrogens with one attached hydrogen (secondary N) is 7. The highest BCUT2D eigenvalue weighted by Crippen LogP contribution is 2.21.